The number of ether oxygens (including phenoxy) is 1. The fourth-order valence-corrected chi connectivity index (χ4v) is 4.85. The Bertz CT molecular complexity index is 1430. The summed E-state index contributed by atoms with van der Waals surface area (Å²) in [6.07, 6.45) is 3.47. The lowest BCUT2D eigenvalue weighted by Gasteiger charge is -2.19. The number of hydrogen-bond donors (Lipinski definition) is 1. The number of furan rings is 1. The number of benzene rings is 2. The third-order valence-electron chi connectivity index (χ3n) is 5.72. The second kappa shape index (κ2) is 9.79. The van der Waals surface area contributed by atoms with Crippen molar-refractivity contribution >= 4 is 34.5 Å². The Balaban J connectivity index is 1.62. The van der Waals surface area contributed by atoms with Crippen molar-refractivity contribution in [2.45, 2.75) is 35.8 Å². The number of hydrogen-bond acceptors (Lipinski definition) is 7. The summed E-state index contributed by atoms with van der Waals surface area (Å²) < 4.78 is 11.8. The molecule has 1 N–H and O–H groups in total. The van der Waals surface area contributed by atoms with E-state index in [1.807, 2.05) is 30.3 Å². The number of carbonyl (C=O) groups is 2. The Hall–Kier alpha value is -3.85. The molecule has 0 aliphatic heterocycles. The predicted molar refractivity (Wildman–Crippen MR) is 131 cm³/mol. The maximum absolute atomic E-state index is 13.6. The van der Waals surface area contributed by atoms with Crippen LogP contribution in [-0.4, -0.2) is 34.6 Å². The first-order valence-electron chi connectivity index (χ1n) is 11.2. The summed E-state index contributed by atoms with van der Waals surface area (Å²) in [7, 11) is 1.30. The predicted octanol–water partition coefficient (Wildman–Crippen LogP) is 3.94. The third-order valence-corrected chi connectivity index (χ3v) is 6.97. The van der Waals surface area contributed by atoms with Crippen LogP contribution in [0.25, 0.3) is 10.9 Å². The maximum atomic E-state index is 13.6. The molecule has 1 aliphatic rings. The fraction of sp³-hybridized carbons (Fsp3) is 0.231. The van der Waals surface area contributed by atoms with Gasteiger partial charge in [-0.25, -0.2) is 9.78 Å². The maximum Gasteiger partial charge on any atom is 0.337 e. The molecule has 2 aromatic heterocycles. The molecule has 1 fully saturated rings. The Morgan fingerprint density at radius 2 is 1.97 bits per heavy atom. The zero-order valence-corrected chi connectivity index (χ0v) is 19.8. The number of esters is 1. The lowest BCUT2D eigenvalue weighted by molar-refractivity contribution is -0.120. The fourth-order valence-electron chi connectivity index (χ4n) is 3.74. The number of methoxy groups -OCH3 is 1. The highest BCUT2D eigenvalue weighted by Gasteiger charge is 2.30. The number of nitrogens with one attached hydrogen (secondary N) is 1. The number of thioether (sulfide) groups is 1. The molecule has 4 aromatic rings. The van der Waals surface area contributed by atoms with Crippen LogP contribution in [0.15, 0.2) is 81.3 Å². The smallest absolute Gasteiger partial charge is 0.337 e. The Morgan fingerprint density at radius 3 is 2.66 bits per heavy atom. The molecule has 0 spiro atoms. The number of nitrogens with zero attached hydrogens (tertiary/aromatic N) is 2. The topological polar surface area (TPSA) is 103 Å². The summed E-state index contributed by atoms with van der Waals surface area (Å²) in [5.41, 5.74) is 1.15. The zero-order chi connectivity index (χ0) is 24.4. The van der Waals surface area contributed by atoms with Crippen LogP contribution >= 0.6 is 11.8 Å². The first-order valence-corrected chi connectivity index (χ1v) is 12.1. The molecule has 178 valence electrons. The first kappa shape index (κ1) is 22.9. The molecule has 0 radical (unpaired) electrons. The van der Waals surface area contributed by atoms with Crippen LogP contribution in [0.5, 0.6) is 0 Å². The van der Waals surface area contributed by atoms with Gasteiger partial charge < -0.3 is 14.5 Å². The number of rotatable bonds is 8. The molecule has 0 bridgehead atoms. The average molecular weight is 490 g/mol. The molecule has 8 nitrogen and oxygen atoms in total. The third kappa shape index (κ3) is 5.00. The van der Waals surface area contributed by atoms with E-state index < -0.39 is 11.2 Å². The van der Waals surface area contributed by atoms with Gasteiger partial charge in [-0.15, -0.1) is 0 Å². The number of carbonyl (C=O) groups excluding carboxylic acids is 2. The number of aromatic nitrogens is 2. The lowest BCUT2D eigenvalue weighted by Crippen LogP contribution is -2.31. The van der Waals surface area contributed by atoms with E-state index in [9.17, 15) is 14.4 Å². The van der Waals surface area contributed by atoms with Crippen molar-refractivity contribution in [2.24, 2.45) is 0 Å². The molecular weight excluding hydrogens is 466 g/mol. The van der Waals surface area contributed by atoms with Gasteiger partial charge in [-0.1, -0.05) is 42.1 Å². The Morgan fingerprint density at radius 1 is 1.17 bits per heavy atom. The van der Waals surface area contributed by atoms with Crippen LogP contribution in [0.4, 0.5) is 0 Å². The quantitative estimate of drug-likeness (QED) is 0.227. The van der Waals surface area contributed by atoms with Crippen molar-refractivity contribution in [2.75, 3.05) is 7.11 Å². The highest BCUT2D eigenvalue weighted by atomic mass is 32.2. The van der Waals surface area contributed by atoms with E-state index >= 15 is 0 Å². The summed E-state index contributed by atoms with van der Waals surface area (Å²) in [5.74, 6) is -0.0699. The van der Waals surface area contributed by atoms with Gasteiger partial charge in [0.25, 0.3) is 5.56 Å². The molecule has 0 saturated heterocycles. The normalized spacial score (nSPS) is 14.0. The summed E-state index contributed by atoms with van der Waals surface area (Å²) in [6, 6.07) is 17.8. The van der Waals surface area contributed by atoms with Gasteiger partial charge >= 0.3 is 5.97 Å². The molecule has 35 heavy (non-hydrogen) atoms. The van der Waals surface area contributed by atoms with Crippen molar-refractivity contribution in [3.8, 4) is 0 Å². The van der Waals surface area contributed by atoms with E-state index in [-0.39, 0.29) is 29.6 Å². The molecule has 1 atom stereocenters. The zero-order valence-electron chi connectivity index (χ0n) is 19.0. The second-order valence-electron chi connectivity index (χ2n) is 8.28. The van der Waals surface area contributed by atoms with Gasteiger partial charge in [0.05, 0.1) is 36.4 Å². The number of amides is 1. The Labute approximate surface area is 205 Å². The van der Waals surface area contributed by atoms with Crippen LogP contribution in [0.1, 0.15) is 39.8 Å². The highest BCUT2D eigenvalue weighted by Crippen LogP contribution is 2.36. The van der Waals surface area contributed by atoms with Crippen LogP contribution < -0.4 is 10.9 Å². The minimum Gasteiger partial charge on any atom is -0.467 e. The highest BCUT2D eigenvalue weighted by molar-refractivity contribution is 8.00. The molecule has 9 heteroatoms. The van der Waals surface area contributed by atoms with Gasteiger partial charge in [-0.3, -0.25) is 14.2 Å². The van der Waals surface area contributed by atoms with Gasteiger partial charge in [0.2, 0.25) is 5.91 Å². The summed E-state index contributed by atoms with van der Waals surface area (Å²) in [5, 5.41) is 3.15. The van der Waals surface area contributed by atoms with Gasteiger partial charge in [0, 0.05) is 6.04 Å². The van der Waals surface area contributed by atoms with Gasteiger partial charge in [0.1, 0.15) is 11.0 Å². The monoisotopic (exact) mass is 489 g/mol. The van der Waals surface area contributed by atoms with Gasteiger partial charge in [0.15, 0.2) is 5.16 Å². The van der Waals surface area contributed by atoms with E-state index in [4.69, 9.17) is 14.1 Å². The minimum atomic E-state index is -0.618. The largest absolute Gasteiger partial charge is 0.467 e. The van der Waals surface area contributed by atoms with Crippen LogP contribution in [0, 0.1) is 0 Å². The van der Waals surface area contributed by atoms with Crippen molar-refractivity contribution in [3.05, 3.63) is 94.2 Å². The van der Waals surface area contributed by atoms with E-state index in [0.717, 1.165) is 18.4 Å². The second-order valence-corrected chi connectivity index (χ2v) is 9.35. The van der Waals surface area contributed by atoms with Crippen molar-refractivity contribution in [1.29, 1.82) is 0 Å². The molecule has 5 rings (SSSR count). The standard InChI is InChI=1S/C26H23N3O5S/c1-33-25(32)17-9-12-20-21(14-17)28-26(29(24(20)31)15-19-8-5-13-34-19)35-22(16-6-3-2-4-7-16)23(30)27-18-10-11-18/h2-9,12-14,18,22H,10-11,15H2,1H3,(H,27,30)/t22-/m0/s1. The SMILES string of the molecule is COC(=O)c1ccc2c(=O)n(Cc3ccco3)c(S[C@H](C(=O)NC3CC3)c3ccccc3)nc2c1. The average Bonchev–Trinajstić information content (AvgIpc) is 3.54. The van der Waals surface area contributed by atoms with Crippen molar-refractivity contribution in [1.82, 2.24) is 14.9 Å². The molecule has 0 unspecified atom stereocenters. The Kier molecular flexibility index (Phi) is 6.41. The molecule has 1 saturated carbocycles. The number of fused-ring (bicyclic) bond motifs is 1. The molecule has 1 amide bonds. The van der Waals surface area contributed by atoms with Crippen LogP contribution in [-0.2, 0) is 16.1 Å². The molecular formula is C26H23N3O5S. The van der Waals surface area contributed by atoms with E-state index in [1.54, 1.807) is 24.5 Å². The van der Waals surface area contributed by atoms with Crippen LogP contribution in [0.2, 0.25) is 0 Å². The minimum absolute atomic E-state index is 0.133. The van der Waals surface area contributed by atoms with E-state index in [0.29, 0.717) is 21.8 Å². The van der Waals surface area contributed by atoms with Gasteiger partial charge in [-0.2, -0.15) is 0 Å². The molecule has 2 aromatic carbocycles. The van der Waals surface area contributed by atoms with E-state index in [2.05, 4.69) is 5.32 Å². The lowest BCUT2D eigenvalue weighted by atomic mass is 10.1. The molecule has 1 aliphatic carbocycles. The molecule has 2 heterocycles. The van der Waals surface area contributed by atoms with E-state index in [1.165, 1.54) is 35.6 Å². The first-order chi connectivity index (χ1) is 17.0. The summed E-state index contributed by atoms with van der Waals surface area (Å²) in [4.78, 5) is 43.6. The summed E-state index contributed by atoms with van der Waals surface area (Å²) >= 11 is 1.20. The summed E-state index contributed by atoms with van der Waals surface area (Å²) in [6.45, 7) is 0.154. The van der Waals surface area contributed by atoms with Gasteiger partial charge in [-0.05, 0) is 48.7 Å². The van der Waals surface area contributed by atoms with Crippen molar-refractivity contribution in [3.63, 3.8) is 0 Å². The van der Waals surface area contributed by atoms with Crippen LogP contribution in [0.3, 0.4) is 0 Å². The van der Waals surface area contributed by atoms with Crippen molar-refractivity contribution < 1.29 is 18.7 Å².